The summed E-state index contributed by atoms with van der Waals surface area (Å²) in [7, 11) is 3.98. The quantitative estimate of drug-likeness (QED) is 0.649. The van der Waals surface area contributed by atoms with Gasteiger partial charge in [0.1, 0.15) is 10.7 Å². The van der Waals surface area contributed by atoms with Crippen LogP contribution in [0.4, 0.5) is 5.69 Å². The van der Waals surface area contributed by atoms with Gasteiger partial charge in [-0.1, -0.05) is 12.1 Å². The van der Waals surface area contributed by atoms with E-state index in [9.17, 15) is 9.59 Å². The first-order valence-corrected chi connectivity index (χ1v) is 11.0. The van der Waals surface area contributed by atoms with Gasteiger partial charge >= 0.3 is 0 Å². The second-order valence-electron chi connectivity index (χ2n) is 7.92. The number of benzene rings is 1. The van der Waals surface area contributed by atoms with Gasteiger partial charge in [0.15, 0.2) is 0 Å². The monoisotopic (exact) mass is 422 g/mol. The maximum Gasteiger partial charge on any atom is 0.260 e. The largest absolute Gasteiger partial charge is 0.378 e. The molecule has 0 atom stereocenters. The fourth-order valence-corrected chi connectivity index (χ4v) is 4.77. The Kier molecular flexibility index (Phi) is 5.47. The van der Waals surface area contributed by atoms with Gasteiger partial charge in [-0.2, -0.15) is 0 Å². The van der Waals surface area contributed by atoms with Crippen molar-refractivity contribution in [3.8, 4) is 0 Å². The number of hydrogen-bond acceptors (Lipinski definition) is 5. The van der Waals surface area contributed by atoms with Crippen LogP contribution in [0.2, 0.25) is 0 Å². The van der Waals surface area contributed by atoms with E-state index >= 15 is 0 Å². The van der Waals surface area contributed by atoms with E-state index in [0.29, 0.717) is 21.6 Å². The van der Waals surface area contributed by atoms with E-state index in [1.54, 1.807) is 0 Å². The molecule has 1 fully saturated rings. The molecule has 0 saturated carbocycles. The summed E-state index contributed by atoms with van der Waals surface area (Å²) >= 11 is 1.49. The van der Waals surface area contributed by atoms with Crippen molar-refractivity contribution in [2.24, 2.45) is 0 Å². The zero-order chi connectivity index (χ0) is 21.4. The predicted molar refractivity (Wildman–Crippen MR) is 124 cm³/mol. The van der Waals surface area contributed by atoms with E-state index < -0.39 is 0 Å². The summed E-state index contributed by atoms with van der Waals surface area (Å²) in [6, 6.07) is 7.97. The molecule has 0 spiro atoms. The van der Waals surface area contributed by atoms with E-state index in [2.05, 4.69) is 4.98 Å². The lowest BCUT2D eigenvalue weighted by Gasteiger charge is -2.17. The molecule has 1 aliphatic heterocycles. The van der Waals surface area contributed by atoms with Gasteiger partial charge < -0.3 is 14.8 Å². The average molecular weight is 423 g/mol. The molecular weight excluding hydrogens is 396 g/mol. The number of likely N-dealkylation sites (tertiary alicyclic amines) is 1. The number of aromatic amines is 1. The summed E-state index contributed by atoms with van der Waals surface area (Å²) in [5, 5.41) is 0.615. The number of hydrogen-bond donors (Lipinski definition) is 1. The summed E-state index contributed by atoms with van der Waals surface area (Å²) in [6.45, 7) is 5.39. The van der Waals surface area contributed by atoms with Crippen molar-refractivity contribution in [1.29, 1.82) is 0 Å². The van der Waals surface area contributed by atoms with Crippen molar-refractivity contribution in [3.05, 3.63) is 56.4 Å². The Hall–Kier alpha value is -2.93. The third-order valence-corrected chi connectivity index (χ3v) is 6.74. The highest BCUT2D eigenvalue weighted by Gasteiger charge is 2.25. The molecule has 7 heteroatoms. The van der Waals surface area contributed by atoms with Crippen LogP contribution in [0.25, 0.3) is 21.9 Å². The van der Waals surface area contributed by atoms with Gasteiger partial charge in [0.2, 0.25) is 0 Å². The molecule has 0 aliphatic carbocycles. The number of aromatic nitrogens is 2. The standard InChI is InChI=1S/C23H26N4O2S/c1-14-15(2)30-22-19(14)21(28)24-20(25-22)18(23(29)27-11-5-6-12-27)13-16-7-9-17(10-8-16)26(3)4/h7-10,13H,5-6,11-12H2,1-4H3,(H,24,25,28). The number of amides is 1. The van der Waals surface area contributed by atoms with Gasteiger partial charge in [0.25, 0.3) is 11.5 Å². The molecule has 30 heavy (non-hydrogen) atoms. The van der Waals surface area contributed by atoms with Gasteiger partial charge in [-0.3, -0.25) is 9.59 Å². The molecule has 1 aromatic carbocycles. The summed E-state index contributed by atoms with van der Waals surface area (Å²) in [5.74, 6) is 0.249. The number of thiophene rings is 1. The topological polar surface area (TPSA) is 69.3 Å². The van der Waals surface area contributed by atoms with E-state index in [1.807, 2.05) is 68.1 Å². The van der Waals surface area contributed by atoms with Crippen molar-refractivity contribution in [1.82, 2.24) is 14.9 Å². The molecule has 1 saturated heterocycles. The van der Waals surface area contributed by atoms with Crippen molar-refractivity contribution in [3.63, 3.8) is 0 Å². The molecule has 2 aromatic heterocycles. The van der Waals surface area contributed by atoms with Gasteiger partial charge in [-0.05, 0) is 56.0 Å². The van der Waals surface area contributed by atoms with Crippen LogP contribution in [0.1, 0.15) is 34.7 Å². The number of carbonyl (C=O) groups is 1. The number of rotatable bonds is 4. The van der Waals surface area contributed by atoms with Crippen LogP contribution in [-0.2, 0) is 4.79 Å². The lowest BCUT2D eigenvalue weighted by atomic mass is 10.1. The van der Waals surface area contributed by atoms with E-state index in [-0.39, 0.29) is 11.5 Å². The van der Waals surface area contributed by atoms with Crippen LogP contribution in [0, 0.1) is 13.8 Å². The fourth-order valence-electron chi connectivity index (χ4n) is 3.74. The number of carbonyl (C=O) groups excluding carboxylic acids is 1. The third kappa shape index (κ3) is 3.77. The minimum absolute atomic E-state index is 0.0864. The number of fused-ring (bicyclic) bond motifs is 1. The normalized spacial score (nSPS) is 14.5. The first-order valence-electron chi connectivity index (χ1n) is 10.1. The maximum atomic E-state index is 13.3. The molecule has 1 aliphatic rings. The second-order valence-corrected chi connectivity index (χ2v) is 9.12. The number of nitrogens with zero attached hydrogens (tertiary/aromatic N) is 3. The van der Waals surface area contributed by atoms with Crippen LogP contribution in [0.3, 0.4) is 0 Å². The first-order chi connectivity index (χ1) is 14.3. The first kappa shape index (κ1) is 20.3. The Morgan fingerprint density at radius 3 is 2.47 bits per heavy atom. The highest BCUT2D eigenvalue weighted by molar-refractivity contribution is 7.18. The van der Waals surface area contributed by atoms with Gasteiger partial charge in [-0.25, -0.2) is 4.98 Å². The Bertz CT molecular complexity index is 1180. The minimum Gasteiger partial charge on any atom is -0.378 e. The van der Waals surface area contributed by atoms with Crippen LogP contribution in [0.5, 0.6) is 0 Å². The molecule has 1 amide bonds. The van der Waals surface area contributed by atoms with Gasteiger partial charge in [0.05, 0.1) is 11.0 Å². The Balaban J connectivity index is 1.84. The molecule has 4 rings (SSSR count). The van der Waals surface area contributed by atoms with Crippen LogP contribution in [0.15, 0.2) is 29.1 Å². The SMILES string of the molecule is Cc1sc2nc(C(=Cc3ccc(N(C)C)cc3)C(=O)N3CCCC3)[nH]c(=O)c2c1C. The molecule has 0 unspecified atom stereocenters. The summed E-state index contributed by atoms with van der Waals surface area (Å²) < 4.78 is 0. The summed E-state index contributed by atoms with van der Waals surface area (Å²) in [6.07, 6.45) is 3.84. The van der Waals surface area contributed by atoms with E-state index in [1.165, 1.54) is 11.3 Å². The number of nitrogens with one attached hydrogen (secondary N) is 1. The Morgan fingerprint density at radius 1 is 1.17 bits per heavy atom. The zero-order valence-electron chi connectivity index (χ0n) is 17.8. The molecular formula is C23H26N4O2S. The fraction of sp³-hybridized carbons (Fsp3) is 0.348. The summed E-state index contributed by atoms with van der Waals surface area (Å²) in [4.78, 5) is 39.3. The van der Waals surface area contributed by atoms with Crippen LogP contribution >= 0.6 is 11.3 Å². The third-order valence-electron chi connectivity index (χ3n) is 5.64. The lowest BCUT2D eigenvalue weighted by molar-refractivity contribution is -0.123. The molecule has 3 aromatic rings. The van der Waals surface area contributed by atoms with Crippen LogP contribution in [-0.4, -0.2) is 48.0 Å². The van der Waals surface area contributed by atoms with Gasteiger partial charge in [0, 0.05) is 37.7 Å². The number of H-pyrrole nitrogens is 1. The summed E-state index contributed by atoms with van der Waals surface area (Å²) in [5.41, 5.74) is 3.16. The molecule has 3 heterocycles. The minimum atomic E-state index is -0.195. The number of anilines is 1. The predicted octanol–water partition coefficient (Wildman–Crippen LogP) is 3.83. The Morgan fingerprint density at radius 2 is 1.83 bits per heavy atom. The van der Waals surface area contributed by atoms with Gasteiger partial charge in [-0.15, -0.1) is 11.3 Å². The molecule has 6 nitrogen and oxygen atoms in total. The van der Waals surface area contributed by atoms with Crippen molar-refractivity contribution >= 4 is 44.8 Å². The van der Waals surface area contributed by atoms with Crippen LogP contribution < -0.4 is 10.5 Å². The maximum absolute atomic E-state index is 13.3. The highest BCUT2D eigenvalue weighted by atomic mass is 32.1. The van der Waals surface area contributed by atoms with Crippen molar-refractivity contribution in [2.45, 2.75) is 26.7 Å². The smallest absolute Gasteiger partial charge is 0.260 e. The lowest BCUT2D eigenvalue weighted by Crippen LogP contribution is -2.29. The second kappa shape index (κ2) is 8.07. The molecule has 0 radical (unpaired) electrons. The zero-order valence-corrected chi connectivity index (χ0v) is 18.6. The van der Waals surface area contributed by atoms with E-state index in [4.69, 9.17) is 4.98 Å². The molecule has 1 N–H and O–H groups in total. The average Bonchev–Trinajstić information content (AvgIpc) is 3.35. The molecule has 156 valence electrons. The number of aryl methyl sites for hydroxylation is 2. The Labute approximate surface area is 179 Å². The highest BCUT2D eigenvalue weighted by Crippen LogP contribution is 2.28. The van der Waals surface area contributed by atoms with Crippen molar-refractivity contribution in [2.75, 3.05) is 32.1 Å². The van der Waals surface area contributed by atoms with Crippen molar-refractivity contribution < 1.29 is 4.79 Å². The van der Waals surface area contributed by atoms with E-state index in [0.717, 1.165) is 47.6 Å². The molecule has 0 bridgehead atoms.